The summed E-state index contributed by atoms with van der Waals surface area (Å²) in [4.78, 5) is 16.7. The largest absolute Gasteiger partial charge is 0.497 e. The Kier molecular flexibility index (Phi) is 10.1. The van der Waals surface area contributed by atoms with Crippen molar-refractivity contribution in [1.82, 2.24) is 25.4 Å². The molecule has 0 radical (unpaired) electrons. The number of ether oxygens (including phenoxy) is 2. The molecule has 1 amide bonds. The van der Waals surface area contributed by atoms with Crippen LogP contribution in [-0.2, 0) is 18.4 Å². The number of nitrogens with zero attached hydrogens (tertiary/aromatic N) is 3. The molecule has 0 bridgehead atoms. The van der Waals surface area contributed by atoms with Gasteiger partial charge in [0.2, 0.25) is 11.8 Å². The van der Waals surface area contributed by atoms with Crippen molar-refractivity contribution in [1.29, 1.82) is 0 Å². The fourth-order valence-electron chi connectivity index (χ4n) is 2.71. The van der Waals surface area contributed by atoms with Crippen molar-refractivity contribution in [2.24, 2.45) is 7.05 Å². The zero-order chi connectivity index (χ0) is 19.9. The van der Waals surface area contributed by atoms with Crippen LogP contribution in [0.1, 0.15) is 17.2 Å². The molecular formula is C20H25Cl2N5O3. The fourth-order valence-corrected chi connectivity index (χ4v) is 2.71. The Morgan fingerprint density at radius 3 is 2.47 bits per heavy atom. The monoisotopic (exact) mass is 453 g/mol. The van der Waals surface area contributed by atoms with Crippen LogP contribution in [0.25, 0.3) is 0 Å². The highest BCUT2D eigenvalue weighted by molar-refractivity contribution is 5.85. The third-order valence-corrected chi connectivity index (χ3v) is 4.16. The van der Waals surface area contributed by atoms with Gasteiger partial charge in [-0.2, -0.15) is 5.10 Å². The van der Waals surface area contributed by atoms with Gasteiger partial charge >= 0.3 is 0 Å². The highest BCUT2D eigenvalue weighted by atomic mass is 35.5. The Morgan fingerprint density at radius 2 is 1.87 bits per heavy atom. The summed E-state index contributed by atoms with van der Waals surface area (Å²) in [6.45, 7) is 0.360. The van der Waals surface area contributed by atoms with Crippen LogP contribution >= 0.6 is 24.8 Å². The molecule has 0 spiro atoms. The van der Waals surface area contributed by atoms with Gasteiger partial charge in [0.25, 0.3) is 0 Å². The quantitative estimate of drug-likeness (QED) is 0.544. The molecule has 1 unspecified atom stereocenters. The van der Waals surface area contributed by atoms with E-state index in [1.165, 1.54) is 0 Å². The number of hydrogen-bond acceptors (Lipinski definition) is 6. The lowest BCUT2D eigenvalue weighted by Crippen LogP contribution is -2.35. The van der Waals surface area contributed by atoms with Gasteiger partial charge in [0, 0.05) is 37.6 Å². The third kappa shape index (κ3) is 6.62. The summed E-state index contributed by atoms with van der Waals surface area (Å²) in [6, 6.07) is 10.4. The van der Waals surface area contributed by atoms with Crippen LogP contribution in [0, 0.1) is 0 Å². The van der Waals surface area contributed by atoms with Crippen LogP contribution in [0.15, 0.2) is 55.0 Å². The summed E-state index contributed by atoms with van der Waals surface area (Å²) in [5, 5.41) is 10.0. The molecule has 0 aliphatic carbocycles. The van der Waals surface area contributed by atoms with Crippen molar-refractivity contribution in [3.05, 3.63) is 66.1 Å². The maximum atomic E-state index is 12.5. The second-order valence-electron chi connectivity index (χ2n) is 6.17. The van der Waals surface area contributed by atoms with E-state index in [1.807, 2.05) is 31.4 Å². The number of carbonyl (C=O) groups is 1. The van der Waals surface area contributed by atoms with Gasteiger partial charge in [-0.15, -0.1) is 24.8 Å². The van der Waals surface area contributed by atoms with Crippen molar-refractivity contribution in [2.75, 3.05) is 14.2 Å². The number of pyridine rings is 1. The van der Waals surface area contributed by atoms with Crippen molar-refractivity contribution >= 4 is 30.7 Å². The lowest BCUT2D eigenvalue weighted by atomic mass is 10.1. The Labute approximate surface area is 187 Å². The molecular weight excluding hydrogens is 429 g/mol. The maximum Gasteiger partial charge on any atom is 0.242 e. The SMILES string of the molecule is CNC(C(=O)NCc1ccnc(Oc2ccc(OC)cc2)c1)c1cnn(C)c1.Cl.Cl. The van der Waals surface area contributed by atoms with Gasteiger partial charge in [0.05, 0.1) is 13.3 Å². The van der Waals surface area contributed by atoms with Crippen LogP contribution in [0.4, 0.5) is 0 Å². The van der Waals surface area contributed by atoms with Gasteiger partial charge in [-0.3, -0.25) is 9.48 Å². The third-order valence-electron chi connectivity index (χ3n) is 4.16. The van der Waals surface area contributed by atoms with E-state index in [9.17, 15) is 4.79 Å². The number of aryl methyl sites for hydroxylation is 1. The number of carbonyl (C=O) groups excluding carboxylic acids is 1. The second kappa shape index (κ2) is 12.0. The van der Waals surface area contributed by atoms with Gasteiger partial charge in [-0.1, -0.05) is 0 Å². The minimum absolute atomic E-state index is 0. The zero-order valence-corrected chi connectivity index (χ0v) is 18.5. The molecule has 3 rings (SSSR count). The molecule has 2 N–H and O–H groups in total. The summed E-state index contributed by atoms with van der Waals surface area (Å²) in [6.07, 6.45) is 5.14. The minimum Gasteiger partial charge on any atom is -0.497 e. The van der Waals surface area contributed by atoms with Gasteiger partial charge in [0.15, 0.2) is 0 Å². The van der Waals surface area contributed by atoms with Crippen LogP contribution < -0.4 is 20.1 Å². The summed E-state index contributed by atoms with van der Waals surface area (Å²) < 4.78 is 12.6. The molecule has 30 heavy (non-hydrogen) atoms. The van der Waals surface area contributed by atoms with Crippen LogP contribution in [-0.4, -0.2) is 34.8 Å². The molecule has 0 saturated heterocycles. The summed E-state index contributed by atoms with van der Waals surface area (Å²) in [5.41, 5.74) is 1.69. The highest BCUT2D eigenvalue weighted by Crippen LogP contribution is 2.23. The van der Waals surface area contributed by atoms with Gasteiger partial charge in [-0.25, -0.2) is 4.98 Å². The van der Waals surface area contributed by atoms with E-state index in [0.29, 0.717) is 18.2 Å². The standard InChI is InChI=1S/C20H23N5O3.2ClH/c1-21-19(15-12-24-25(2)13-15)20(26)23-11-14-8-9-22-18(10-14)28-17-6-4-16(27-3)5-7-17;;/h4-10,12-13,19,21H,11H2,1-3H3,(H,23,26);2*1H. The van der Waals surface area contributed by atoms with Crippen molar-refractivity contribution in [2.45, 2.75) is 12.6 Å². The maximum absolute atomic E-state index is 12.5. The van der Waals surface area contributed by atoms with Crippen LogP contribution in [0.3, 0.4) is 0 Å². The number of benzene rings is 1. The van der Waals surface area contributed by atoms with E-state index < -0.39 is 6.04 Å². The first-order valence-electron chi connectivity index (χ1n) is 8.79. The molecule has 8 nitrogen and oxygen atoms in total. The number of halogens is 2. The summed E-state index contributed by atoms with van der Waals surface area (Å²) in [5.74, 6) is 1.73. The average molecular weight is 454 g/mol. The first-order chi connectivity index (χ1) is 13.6. The highest BCUT2D eigenvalue weighted by Gasteiger charge is 2.19. The van der Waals surface area contributed by atoms with Gasteiger partial charge < -0.3 is 20.1 Å². The van der Waals surface area contributed by atoms with Crippen LogP contribution in [0.5, 0.6) is 17.4 Å². The molecule has 0 aliphatic rings. The Bertz CT molecular complexity index is 934. The summed E-state index contributed by atoms with van der Waals surface area (Å²) >= 11 is 0. The number of nitrogens with one attached hydrogen (secondary N) is 2. The first kappa shape index (κ1) is 25.2. The Balaban J connectivity index is 0.00000225. The van der Waals surface area contributed by atoms with Crippen molar-refractivity contribution in [3.63, 3.8) is 0 Å². The predicted molar refractivity (Wildman–Crippen MR) is 119 cm³/mol. The van der Waals surface area contributed by atoms with E-state index in [4.69, 9.17) is 9.47 Å². The lowest BCUT2D eigenvalue weighted by molar-refractivity contribution is -0.123. The molecule has 3 aromatic rings. The van der Waals surface area contributed by atoms with Gasteiger partial charge in [-0.05, 0) is 42.9 Å². The second-order valence-corrected chi connectivity index (χ2v) is 6.17. The number of hydrogen-bond donors (Lipinski definition) is 2. The predicted octanol–water partition coefficient (Wildman–Crippen LogP) is 3.04. The van der Waals surface area contributed by atoms with E-state index >= 15 is 0 Å². The minimum atomic E-state index is -0.467. The molecule has 10 heteroatoms. The number of aromatic nitrogens is 3. The molecule has 0 aliphatic heterocycles. The van der Waals surface area contributed by atoms with Gasteiger partial charge in [0.1, 0.15) is 17.5 Å². The topological polar surface area (TPSA) is 90.3 Å². The van der Waals surface area contributed by atoms with Crippen molar-refractivity contribution < 1.29 is 14.3 Å². The van der Waals surface area contributed by atoms with E-state index in [1.54, 1.807) is 49.4 Å². The molecule has 2 heterocycles. The molecule has 1 aromatic carbocycles. The molecule has 0 fully saturated rings. The molecule has 1 atom stereocenters. The number of rotatable bonds is 8. The van der Waals surface area contributed by atoms with Crippen molar-refractivity contribution in [3.8, 4) is 17.4 Å². The Hall–Kier alpha value is -2.81. The van der Waals surface area contributed by atoms with E-state index in [2.05, 4.69) is 20.7 Å². The number of amides is 1. The molecule has 162 valence electrons. The average Bonchev–Trinajstić information content (AvgIpc) is 3.14. The summed E-state index contributed by atoms with van der Waals surface area (Å²) in [7, 11) is 5.17. The normalized spacial score (nSPS) is 10.9. The smallest absolute Gasteiger partial charge is 0.242 e. The Morgan fingerprint density at radius 1 is 1.17 bits per heavy atom. The number of methoxy groups -OCH3 is 1. The first-order valence-corrected chi connectivity index (χ1v) is 8.79. The zero-order valence-electron chi connectivity index (χ0n) is 16.9. The number of likely N-dealkylation sites (N-methyl/N-ethyl adjacent to an activating group) is 1. The molecule has 2 aromatic heterocycles. The van der Waals surface area contributed by atoms with Crippen LogP contribution in [0.2, 0.25) is 0 Å². The van der Waals surface area contributed by atoms with E-state index in [0.717, 1.165) is 16.9 Å². The lowest BCUT2D eigenvalue weighted by Gasteiger charge is -2.15. The fraction of sp³-hybridized carbons (Fsp3) is 0.250. The molecule has 0 saturated carbocycles. The van der Waals surface area contributed by atoms with E-state index in [-0.39, 0.29) is 30.7 Å².